The summed E-state index contributed by atoms with van der Waals surface area (Å²) in [5, 5.41) is 9.56. The van der Waals surface area contributed by atoms with Gasteiger partial charge in [-0.1, -0.05) is 44.2 Å². The summed E-state index contributed by atoms with van der Waals surface area (Å²) in [4.78, 5) is 24.6. The van der Waals surface area contributed by atoms with Crippen LogP contribution in [0.2, 0.25) is 0 Å². The first-order valence-electron chi connectivity index (χ1n) is 10.9. The maximum absolute atomic E-state index is 12.9. The van der Waals surface area contributed by atoms with Crippen molar-refractivity contribution in [1.29, 1.82) is 0 Å². The molecule has 0 spiro atoms. The van der Waals surface area contributed by atoms with Gasteiger partial charge in [0.15, 0.2) is 16.9 Å². The Kier molecular flexibility index (Phi) is 6.04. The third-order valence-corrected chi connectivity index (χ3v) is 6.12. The molecule has 4 rings (SSSR count). The van der Waals surface area contributed by atoms with Crippen LogP contribution in [0.15, 0.2) is 53.5 Å². The van der Waals surface area contributed by atoms with Crippen LogP contribution in [0.3, 0.4) is 0 Å². The molecule has 0 bridgehead atoms. The van der Waals surface area contributed by atoms with Crippen LogP contribution in [0.5, 0.6) is 11.5 Å². The molecule has 6 nitrogen and oxygen atoms in total. The molecule has 0 saturated carbocycles. The first kappa shape index (κ1) is 21.7. The molecular formula is C26H27NO5. The highest BCUT2D eigenvalue weighted by atomic mass is 16.5. The maximum atomic E-state index is 12.9. The van der Waals surface area contributed by atoms with E-state index in [1.54, 1.807) is 7.11 Å². The van der Waals surface area contributed by atoms with E-state index in [4.69, 9.17) is 9.47 Å². The van der Waals surface area contributed by atoms with Crippen LogP contribution in [0, 0.1) is 0 Å². The van der Waals surface area contributed by atoms with Crippen LogP contribution in [0.4, 0.5) is 0 Å². The van der Waals surface area contributed by atoms with Gasteiger partial charge in [-0.3, -0.25) is 4.79 Å². The molecule has 3 aromatic rings. The molecule has 32 heavy (non-hydrogen) atoms. The summed E-state index contributed by atoms with van der Waals surface area (Å²) < 4.78 is 13.7. The largest absolute Gasteiger partial charge is 0.493 e. The second-order valence-electron chi connectivity index (χ2n) is 7.97. The molecule has 0 fully saturated rings. The SMILES string of the molecule is CCc1c2n(cc(C(=O)O)c1=O)C(CC)Cc1cc(OCc3ccccc3)c(OC)cc1-2. The van der Waals surface area contributed by atoms with Gasteiger partial charge >= 0.3 is 5.97 Å². The van der Waals surface area contributed by atoms with Gasteiger partial charge in [0.1, 0.15) is 12.2 Å². The fourth-order valence-corrected chi connectivity index (χ4v) is 4.45. The van der Waals surface area contributed by atoms with Crippen molar-refractivity contribution in [3.63, 3.8) is 0 Å². The molecule has 0 saturated heterocycles. The number of carbonyl (C=O) groups is 1. The summed E-state index contributed by atoms with van der Waals surface area (Å²) >= 11 is 0. The number of aromatic nitrogens is 1. The second-order valence-corrected chi connectivity index (χ2v) is 7.97. The minimum Gasteiger partial charge on any atom is -0.493 e. The molecule has 0 aliphatic carbocycles. The van der Waals surface area contributed by atoms with E-state index in [1.807, 2.05) is 54.0 Å². The monoisotopic (exact) mass is 433 g/mol. The van der Waals surface area contributed by atoms with E-state index in [0.717, 1.165) is 35.2 Å². The van der Waals surface area contributed by atoms with E-state index in [1.165, 1.54) is 6.20 Å². The van der Waals surface area contributed by atoms with Crippen molar-refractivity contribution in [1.82, 2.24) is 4.57 Å². The van der Waals surface area contributed by atoms with Crippen LogP contribution in [0.1, 0.15) is 53.4 Å². The van der Waals surface area contributed by atoms with Gasteiger partial charge in [0.25, 0.3) is 0 Å². The molecule has 0 radical (unpaired) electrons. The fraction of sp³-hybridized carbons (Fsp3) is 0.308. The number of carboxylic acid groups (broad SMARTS) is 1. The highest BCUT2D eigenvalue weighted by molar-refractivity contribution is 5.88. The molecule has 1 aliphatic rings. The second kappa shape index (κ2) is 8.91. The Morgan fingerprint density at radius 1 is 1.16 bits per heavy atom. The minimum absolute atomic E-state index is 0.0527. The van der Waals surface area contributed by atoms with E-state index < -0.39 is 11.4 Å². The molecular weight excluding hydrogens is 406 g/mol. The first-order valence-corrected chi connectivity index (χ1v) is 10.9. The molecule has 2 heterocycles. The molecule has 1 N–H and O–H groups in total. The Balaban J connectivity index is 1.86. The normalized spacial score (nSPS) is 14.4. The van der Waals surface area contributed by atoms with Crippen molar-refractivity contribution in [2.45, 2.75) is 45.8 Å². The highest BCUT2D eigenvalue weighted by Gasteiger charge is 2.29. The van der Waals surface area contributed by atoms with Gasteiger partial charge in [0.05, 0.1) is 12.8 Å². The van der Waals surface area contributed by atoms with E-state index in [-0.39, 0.29) is 11.6 Å². The van der Waals surface area contributed by atoms with Crippen molar-refractivity contribution in [2.75, 3.05) is 7.11 Å². The Morgan fingerprint density at radius 3 is 2.53 bits per heavy atom. The third kappa shape index (κ3) is 3.77. The molecule has 1 atom stereocenters. The lowest BCUT2D eigenvalue weighted by atomic mass is 9.87. The van der Waals surface area contributed by atoms with Gasteiger partial charge in [-0.25, -0.2) is 4.79 Å². The van der Waals surface area contributed by atoms with Gasteiger partial charge in [-0.2, -0.15) is 0 Å². The fourth-order valence-electron chi connectivity index (χ4n) is 4.45. The van der Waals surface area contributed by atoms with Crippen LogP contribution in [-0.4, -0.2) is 22.8 Å². The minimum atomic E-state index is -1.19. The zero-order chi connectivity index (χ0) is 22.8. The van der Waals surface area contributed by atoms with E-state index in [9.17, 15) is 14.7 Å². The number of methoxy groups -OCH3 is 1. The standard InChI is InChI=1S/C26H27NO5/c1-4-18-11-17-12-23(32-15-16-9-7-6-8-10-16)22(31-3)13-20(17)24-19(5-2)25(28)21(26(29)30)14-27(18)24/h6-10,12-14,18H,4-5,11,15H2,1-3H3,(H,29,30). The number of ether oxygens (including phenoxy) is 2. The predicted octanol–water partition coefficient (Wildman–Crippen LogP) is 4.87. The molecule has 1 aliphatic heterocycles. The molecule has 1 aromatic heterocycles. The predicted molar refractivity (Wildman–Crippen MR) is 123 cm³/mol. The summed E-state index contributed by atoms with van der Waals surface area (Å²) in [6.07, 6.45) is 3.47. The lowest BCUT2D eigenvalue weighted by molar-refractivity contribution is 0.0694. The number of aromatic carboxylic acids is 1. The van der Waals surface area contributed by atoms with Crippen molar-refractivity contribution in [2.24, 2.45) is 0 Å². The Hall–Kier alpha value is -3.54. The molecule has 1 unspecified atom stereocenters. The Labute approximate surface area is 187 Å². The first-order chi connectivity index (χ1) is 15.5. The lowest BCUT2D eigenvalue weighted by Crippen LogP contribution is -2.29. The van der Waals surface area contributed by atoms with E-state index >= 15 is 0 Å². The third-order valence-electron chi connectivity index (χ3n) is 6.12. The summed E-state index contributed by atoms with van der Waals surface area (Å²) in [6, 6.07) is 13.9. The molecule has 6 heteroatoms. The van der Waals surface area contributed by atoms with Gasteiger partial charge < -0.3 is 19.1 Å². The van der Waals surface area contributed by atoms with Gasteiger partial charge in [-0.05, 0) is 42.5 Å². The summed E-state index contributed by atoms with van der Waals surface area (Å²) in [5.74, 6) is 0.0434. The zero-order valence-electron chi connectivity index (χ0n) is 18.6. The number of hydrogen-bond donors (Lipinski definition) is 1. The Morgan fingerprint density at radius 2 is 1.91 bits per heavy atom. The highest BCUT2D eigenvalue weighted by Crippen LogP contribution is 2.43. The number of benzene rings is 2. The van der Waals surface area contributed by atoms with Gasteiger partial charge in [-0.15, -0.1) is 0 Å². The summed E-state index contributed by atoms with van der Waals surface area (Å²) in [6.45, 7) is 4.37. The molecule has 0 amide bonds. The van der Waals surface area contributed by atoms with Crippen molar-refractivity contribution in [3.8, 4) is 22.8 Å². The summed E-state index contributed by atoms with van der Waals surface area (Å²) in [5.41, 5.74) is 3.72. The topological polar surface area (TPSA) is 77.8 Å². The number of pyridine rings is 1. The number of carboxylic acids is 1. The Bertz CT molecular complexity index is 1210. The van der Waals surface area contributed by atoms with Crippen LogP contribution < -0.4 is 14.9 Å². The zero-order valence-corrected chi connectivity index (χ0v) is 18.6. The number of rotatable bonds is 7. The molecule has 166 valence electrons. The molecule has 2 aromatic carbocycles. The average molecular weight is 434 g/mol. The van der Waals surface area contributed by atoms with E-state index in [2.05, 4.69) is 6.92 Å². The smallest absolute Gasteiger partial charge is 0.341 e. The van der Waals surface area contributed by atoms with Gasteiger partial charge in [0.2, 0.25) is 0 Å². The van der Waals surface area contributed by atoms with E-state index in [0.29, 0.717) is 30.1 Å². The average Bonchev–Trinajstić information content (AvgIpc) is 2.81. The van der Waals surface area contributed by atoms with Crippen molar-refractivity contribution in [3.05, 3.63) is 81.1 Å². The lowest BCUT2D eigenvalue weighted by Gasteiger charge is -2.32. The van der Waals surface area contributed by atoms with Crippen LogP contribution in [-0.2, 0) is 19.4 Å². The van der Waals surface area contributed by atoms with Gasteiger partial charge in [0, 0.05) is 23.4 Å². The summed E-state index contributed by atoms with van der Waals surface area (Å²) in [7, 11) is 1.59. The number of hydrogen-bond acceptors (Lipinski definition) is 4. The quantitative estimate of drug-likeness (QED) is 0.575. The van der Waals surface area contributed by atoms with Crippen LogP contribution in [0.25, 0.3) is 11.3 Å². The number of fused-ring (bicyclic) bond motifs is 3. The number of nitrogens with zero attached hydrogens (tertiary/aromatic N) is 1. The maximum Gasteiger partial charge on any atom is 0.341 e. The van der Waals surface area contributed by atoms with Crippen LogP contribution >= 0.6 is 0 Å². The van der Waals surface area contributed by atoms with Crippen molar-refractivity contribution >= 4 is 5.97 Å². The van der Waals surface area contributed by atoms with Crippen molar-refractivity contribution < 1.29 is 19.4 Å².